The lowest BCUT2D eigenvalue weighted by molar-refractivity contribution is -0.121. The fourth-order valence-electron chi connectivity index (χ4n) is 1.89. The smallest absolute Gasteiger partial charge is 0.273 e. The number of rotatable bonds is 3. The maximum Gasteiger partial charge on any atom is 0.273 e. The number of furan rings is 1. The topological polar surface area (TPSA) is 91.6 Å². The van der Waals surface area contributed by atoms with Crippen LogP contribution in [0.5, 0.6) is 5.75 Å². The van der Waals surface area contributed by atoms with E-state index >= 15 is 0 Å². The third kappa shape index (κ3) is 3.85. The first-order chi connectivity index (χ1) is 9.95. The molecule has 3 N–H and O–H groups in total. The normalized spacial score (nSPS) is 10.2. The molecule has 0 fully saturated rings. The minimum absolute atomic E-state index is 0.101. The van der Waals surface area contributed by atoms with Crippen LogP contribution in [0.4, 0.5) is 0 Å². The maximum atomic E-state index is 11.9. The van der Waals surface area contributed by atoms with Gasteiger partial charge in [0, 0.05) is 0 Å². The Balaban J connectivity index is 1.88. The van der Waals surface area contributed by atoms with Crippen molar-refractivity contribution in [2.24, 2.45) is 0 Å². The van der Waals surface area contributed by atoms with Gasteiger partial charge in [-0.05, 0) is 37.6 Å². The minimum atomic E-state index is -0.427. The van der Waals surface area contributed by atoms with E-state index in [1.807, 2.05) is 0 Å². The second-order valence-electron chi connectivity index (χ2n) is 4.67. The van der Waals surface area contributed by atoms with E-state index in [1.54, 1.807) is 32.0 Å². The predicted octanol–water partition coefficient (Wildman–Crippen LogP) is 1.61. The number of aromatic hydroxyl groups is 1. The third-order valence-corrected chi connectivity index (χ3v) is 2.90. The zero-order chi connectivity index (χ0) is 15.4. The number of aryl methyl sites for hydroxylation is 2. The van der Waals surface area contributed by atoms with E-state index in [0.717, 1.165) is 5.56 Å². The van der Waals surface area contributed by atoms with Gasteiger partial charge in [0.05, 0.1) is 12.0 Å². The van der Waals surface area contributed by atoms with Crippen molar-refractivity contribution in [3.63, 3.8) is 0 Å². The van der Waals surface area contributed by atoms with Crippen molar-refractivity contribution in [2.45, 2.75) is 20.3 Å². The first-order valence-corrected chi connectivity index (χ1v) is 6.40. The molecular weight excluding hydrogens is 272 g/mol. The Morgan fingerprint density at radius 3 is 2.38 bits per heavy atom. The summed E-state index contributed by atoms with van der Waals surface area (Å²) in [6.45, 7) is 3.42. The second kappa shape index (κ2) is 6.13. The van der Waals surface area contributed by atoms with Crippen molar-refractivity contribution in [3.8, 4) is 5.75 Å². The summed E-state index contributed by atoms with van der Waals surface area (Å²) in [4.78, 5) is 23.6. The Labute approximate surface area is 121 Å². The maximum absolute atomic E-state index is 11.9. The van der Waals surface area contributed by atoms with Crippen LogP contribution in [-0.2, 0) is 11.2 Å². The number of amides is 2. The van der Waals surface area contributed by atoms with Gasteiger partial charge in [-0.2, -0.15) is 0 Å². The molecule has 0 saturated carbocycles. The average molecular weight is 288 g/mol. The first kappa shape index (κ1) is 14.6. The number of hydrogen-bond donors (Lipinski definition) is 3. The summed E-state index contributed by atoms with van der Waals surface area (Å²) < 4.78 is 5.25. The fraction of sp³-hybridized carbons (Fsp3) is 0.200. The molecule has 0 bridgehead atoms. The summed E-state index contributed by atoms with van der Waals surface area (Å²) in [7, 11) is 0. The van der Waals surface area contributed by atoms with E-state index in [1.165, 1.54) is 12.1 Å². The highest BCUT2D eigenvalue weighted by Gasteiger charge is 2.14. The molecule has 0 aliphatic rings. The quantitative estimate of drug-likeness (QED) is 0.748. The molecule has 0 saturated heterocycles. The average Bonchev–Trinajstić information content (AvgIpc) is 2.78. The van der Waals surface area contributed by atoms with Crippen molar-refractivity contribution in [2.75, 3.05) is 0 Å². The predicted molar refractivity (Wildman–Crippen MR) is 75.6 cm³/mol. The summed E-state index contributed by atoms with van der Waals surface area (Å²) >= 11 is 0. The standard InChI is InChI=1S/C15H16N2O4/c1-9-7-13(10(2)21-9)15(20)17-16-14(19)8-11-3-5-12(18)6-4-11/h3-7,18H,8H2,1-2H3,(H,16,19)(H,17,20). The van der Waals surface area contributed by atoms with Crippen LogP contribution in [0, 0.1) is 13.8 Å². The zero-order valence-electron chi connectivity index (χ0n) is 11.8. The molecule has 2 rings (SSSR count). The molecule has 2 amide bonds. The lowest BCUT2D eigenvalue weighted by Crippen LogP contribution is -2.42. The first-order valence-electron chi connectivity index (χ1n) is 6.40. The van der Waals surface area contributed by atoms with E-state index in [-0.39, 0.29) is 18.1 Å². The molecule has 1 heterocycles. The Morgan fingerprint density at radius 1 is 1.14 bits per heavy atom. The van der Waals surface area contributed by atoms with Crippen LogP contribution in [0.15, 0.2) is 34.7 Å². The number of phenolic OH excluding ortho intramolecular Hbond substituents is 1. The molecule has 0 atom stereocenters. The highest BCUT2D eigenvalue weighted by Crippen LogP contribution is 2.13. The molecule has 21 heavy (non-hydrogen) atoms. The highest BCUT2D eigenvalue weighted by molar-refractivity contribution is 5.96. The van der Waals surface area contributed by atoms with Gasteiger partial charge >= 0.3 is 0 Å². The highest BCUT2D eigenvalue weighted by atomic mass is 16.3. The molecule has 6 nitrogen and oxygen atoms in total. The van der Waals surface area contributed by atoms with Crippen LogP contribution >= 0.6 is 0 Å². The van der Waals surface area contributed by atoms with Crippen LogP contribution in [-0.4, -0.2) is 16.9 Å². The molecule has 2 aromatic rings. The molecule has 1 aromatic carbocycles. The van der Waals surface area contributed by atoms with E-state index in [9.17, 15) is 9.59 Å². The number of carbonyl (C=O) groups excluding carboxylic acids is 2. The van der Waals surface area contributed by atoms with Gasteiger partial charge in [0.1, 0.15) is 17.3 Å². The Morgan fingerprint density at radius 2 is 1.81 bits per heavy atom. The summed E-state index contributed by atoms with van der Waals surface area (Å²) in [5.74, 6) is 0.486. The molecule has 0 radical (unpaired) electrons. The second-order valence-corrected chi connectivity index (χ2v) is 4.67. The van der Waals surface area contributed by atoms with Crippen molar-refractivity contribution < 1.29 is 19.1 Å². The number of benzene rings is 1. The molecular formula is C15H16N2O4. The Bertz CT molecular complexity index is 659. The van der Waals surface area contributed by atoms with Gasteiger partial charge in [-0.15, -0.1) is 0 Å². The zero-order valence-corrected chi connectivity index (χ0v) is 11.8. The molecule has 6 heteroatoms. The van der Waals surface area contributed by atoms with Gasteiger partial charge < -0.3 is 9.52 Å². The van der Waals surface area contributed by atoms with Crippen LogP contribution < -0.4 is 10.9 Å². The summed E-state index contributed by atoms with van der Waals surface area (Å²) in [5, 5.41) is 9.15. The molecule has 0 aliphatic heterocycles. The molecule has 110 valence electrons. The lowest BCUT2D eigenvalue weighted by atomic mass is 10.1. The van der Waals surface area contributed by atoms with Crippen molar-refractivity contribution in [3.05, 3.63) is 53.0 Å². The van der Waals surface area contributed by atoms with Gasteiger partial charge in [0.25, 0.3) is 5.91 Å². The number of hydrogen-bond acceptors (Lipinski definition) is 4. The third-order valence-electron chi connectivity index (χ3n) is 2.90. The molecule has 0 aliphatic carbocycles. The number of hydrazine groups is 1. The Hall–Kier alpha value is -2.76. The lowest BCUT2D eigenvalue weighted by Gasteiger charge is -2.07. The van der Waals surface area contributed by atoms with E-state index in [0.29, 0.717) is 17.1 Å². The van der Waals surface area contributed by atoms with E-state index in [2.05, 4.69) is 10.9 Å². The van der Waals surface area contributed by atoms with Crippen LogP contribution in [0.25, 0.3) is 0 Å². The minimum Gasteiger partial charge on any atom is -0.508 e. The van der Waals surface area contributed by atoms with Crippen LogP contribution in [0.3, 0.4) is 0 Å². The van der Waals surface area contributed by atoms with Gasteiger partial charge in [0.2, 0.25) is 5.91 Å². The van der Waals surface area contributed by atoms with E-state index < -0.39 is 5.91 Å². The summed E-state index contributed by atoms with van der Waals surface area (Å²) in [6, 6.07) is 7.88. The van der Waals surface area contributed by atoms with Crippen LogP contribution in [0.2, 0.25) is 0 Å². The fourth-order valence-corrected chi connectivity index (χ4v) is 1.89. The van der Waals surface area contributed by atoms with Gasteiger partial charge in [0.15, 0.2) is 0 Å². The van der Waals surface area contributed by atoms with Crippen molar-refractivity contribution >= 4 is 11.8 Å². The summed E-state index contributed by atoms with van der Waals surface area (Å²) in [6.07, 6.45) is 0.101. The SMILES string of the molecule is Cc1cc(C(=O)NNC(=O)Cc2ccc(O)cc2)c(C)o1. The number of nitrogens with one attached hydrogen (secondary N) is 2. The molecule has 0 spiro atoms. The van der Waals surface area contributed by atoms with Gasteiger partial charge in [-0.3, -0.25) is 20.4 Å². The molecule has 0 unspecified atom stereocenters. The van der Waals surface area contributed by atoms with E-state index in [4.69, 9.17) is 9.52 Å². The Kier molecular flexibility index (Phi) is 4.27. The largest absolute Gasteiger partial charge is 0.508 e. The van der Waals surface area contributed by atoms with Crippen molar-refractivity contribution in [1.82, 2.24) is 10.9 Å². The van der Waals surface area contributed by atoms with Crippen LogP contribution in [0.1, 0.15) is 27.4 Å². The summed E-state index contributed by atoms with van der Waals surface area (Å²) in [5.41, 5.74) is 5.79. The van der Waals surface area contributed by atoms with Gasteiger partial charge in [-0.25, -0.2) is 0 Å². The number of phenols is 1. The van der Waals surface area contributed by atoms with Crippen molar-refractivity contribution in [1.29, 1.82) is 0 Å². The molecule has 1 aromatic heterocycles. The number of carbonyl (C=O) groups is 2. The van der Waals surface area contributed by atoms with Gasteiger partial charge in [-0.1, -0.05) is 12.1 Å². The monoisotopic (exact) mass is 288 g/mol.